The van der Waals surface area contributed by atoms with E-state index in [9.17, 15) is 4.79 Å². The van der Waals surface area contributed by atoms with Gasteiger partial charge >= 0.3 is 5.97 Å². The van der Waals surface area contributed by atoms with Crippen LogP contribution in [0.3, 0.4) is 0 Å². The van der Waals surface area contributed by atoms with E-state index in [1.54, 1.807) is 19.3 Å². The molecule has 13 heavy (non-hydrogen) atoms. The van der Waals surface area contributed by atoms with Crippen LogP contribution in [0.2, 0.25) is 0 Å². The lowest BCUT2D eigenvalue weighted by atomic mass is 10.3. The van der Waals surface area contributed by atoms with Gasteiger partial charge in [0.1, 0.15) is 12.2 Å². The Morgan fingerprint density at radius 2 is 2.08 bits per heavy atom. The highest BCUT2D eigenvalue weighted by atomic mass is 16.5. The summed E-state index contributed by atoms with van der Waals surface area (Å²) in [6, 6.07) is 0. The summed E-state index contributed by atoms with van der Waals surface area (Å²) >= 11 is 0. The van der Waals surface area contributed by atoms with E-state index >= 15 is 0 Å². The molecule has 1 heterocycles. The summed E-state index contributed by atoms with van der Waals surface area (Å²) in [5.41, 5.74) is 0.979. The minimum atomic E-state index is -0.286. The second kappa shape index (κ2) is 4.54. The molecule has 0 radical (unpaired) electrons. The number of hydrogen-bond acceptors (Lipinski definition) is 4. The van der Waals surface area contributed by atoms with E-state index in [0.717, 1.165) is 5.56 Å². The molecule has 0 aliphatic heterocycles. The van der Waals surface area contributed by atoms with Gasteiger partial charge in [-0.3, -0.25) is 4.79 Å². The molecule has 4 nitrogen and oxygen atoms in total. The van der Waals surface area contributed by atoms with Gasteiger partial charge in [0.2, 0.25) is 0 Å². The maximum atomic E-state index is 11.0. The first-order chi connectivity index (χ1) is 6.22. The van der Waals surface area contributed by atoms with E-state index in [4.69, 9.17) is 4.74 Å². The van der Waals surface area contributed by atoms with Gasteiger partial charge in [0.25, 0.3) is 0 Å². The van der Waals surface area contributed by atoms with Gasteiger partial charge in [0.05, 0.1) is 6.61 Å². The fourth-order valence-electron chi connectivity index (χ4n) is 0.852. The van der Waals surface area contributed by atoms with Gasteiger partial charge in [-0.1, -0.05) is 0 Å². The fraction of sp³-hybridized carbons (Fsp3) is 0.444. The number of aromatic nitrogens is 2. The molecule has 0 N–H and O–H groups in total. The Morgan fingerprint density at radius 3 is 2.62 bits per heavy atom. The van der Waals surface area contributed by atoms with Crippen molar-refractivity contribution in [2.45, 2.75) is 20.3 Å². The van der Waals surface area contributed by atoms with E-state index in [-0.39, 0.29) is 12.4 Å². The van der Waals surface area contributed by atoms with Crippen LogP contribution in [0.4, 0.5) is 0 Å². The summed E-state index contributed by atoms with van der Waals surface area (Å²) in [5, 5.41) is 0. The molecule has 70 valence electrons. The predicted octanol–water partition coefficient (Wildman–Crippen LogP) is 0.891. The highest BCUT2D eigenvalue weighted by Gasteiger charge is 2.05. The lowest BCUT2D eigenvalue weighted by Crippen LogP contribution is -2.10. The molecule has 1 aromatic rings. The summed E-state index contributed by atoms with van der Waals surface area (Å²) in [7, 11) is 0. The van der Waals surface area contributed by atoms with Crippen LogP contribution >= 0.6 is 0 Å². The molecule has 0 fully saturated rings. The normalized spacial score (nSPS) is 9.69. The zero-order valence-corrected chi connectivity index (χ0v) is 7.78. The summed E-state index contributed by atoms with van der Waals surface area (Å²) < 4.78 is 4.76. The van der Waals surface area contributed by atoms with Crippen molar-refractivity contribution in [3.63, 3.8) is 0 Å². The number of nitrogens with zero attached hydrogens (tertiary/aromatic N) is 2. The lowest BCUT2D eigenvalue weighted by molar-refractivity contribution is -0.142. The van der Waals surface area contributed by atoms with Crippen molar-refractivity contribution in [3.05, 3.63) is 23.8 Å². The lowest BCUT2D eigenvalue weighted by Gasteiger charge is -2.00. The van der Waals surface area contributed by atoms with Crippen LogP contribution in [0.25, 0.3) is 0 Å². The SMILES string of the molecule is CCOC(=O)Cc1ncc(C)cn1. The highest BCUT2D eigenvalue weighted by molar-refractivity contribution is 5.71. The first-order valence-corrected chi connectivity index (χ1v) is 4.15. The number of esters is 1. The third-order valence-corrected chi connectivity index (χ3v) is 1.44. The predicted molar refractivity (Wildman–Crippen MR) is 47.1 cm³/mol. The van der Waals surface area contributed by atoms with E-state index < -0.39 is 0 Å². The van der Waals surface area contributed by atoms with Gasteiger partial charge in [-0.25, -0.2) is 9.97 Å². The van der Waals surface area contributed by atoms with Crippen LogP contribution in [-0.2, 0) is 16.0 Å². The number of rotatable bonds is 3. The Kier molecular flexibility index (Phi) is 3.37. The minimum Gasteiger partial charge on any atom is -0.466 e. The fourth-order valence-corrected chi connectivity index (χ4v) is 0.852. The van der Waals surface area contributed by atoms with Gasteiger partial charge in [-0.15, -0.1) is 0 Å². The van der Waals surface area contributed by atoms with E-state index in [2.05, 4.69) is 9.97 Å². The minimum absolute atomic E-state index is 0.147. The van der Waals surface area contributed by atoms with Crippen molar-refractivity contribution >= 4 is 5.97 Å². The van der Waals surface area contributed by atoms with E-state index in [1.165, 1.54) is 0 Å². The molecule has 0 saturated carbocycles. The highest BCUT2D eigenvalue weighted by Crippen LogP contribution is 1.95. The van der Waals surface area contributed by atoms with Crippen molar-refractivity contribution < 1.29 is 9.53 Å². The molecule has 0 aliphatic carbocycles. The van der Waals surface area contributed by atoms with Gasteiger partial charge in [-0.2, -0.15) is 0 Å². The Hall–Kier alpha value is -1.45. The van der Waals surface area contributed by atoms with Crippen molar-refractivity contribution in [3.8, 4) is 0 Å². The van der Waals surface area contributed by atoms with Crippen molar-refractivity contribution in [2.24, 2.45) is 0 Å². The van der Waals surface area contributed by atoms with Crippen molar-refractivity contribution in [1.29, 1.82) is 0 Å². The zero-order valence-electron chi connectivity index (χ0n) is 7.78. The van der Waals surface area contributed by atoms with Crippen LogP contribution in [-0.4, -0.2) is 22.5 Å². The molecule has 1 aromatic heterocycles. The Labute approximate surface area is 77.0 Å². The standard InChI is InChI=1S/C9H12N2O2/c1-3-13-9(12)4-8-10-5-7(2)6-11-8/h5-6H,3-4H2,1-2H3. The molecule has 0 spiro atoms. The third kappa shape index (κ3) is 3.19. The molecular formula is C9H12N2O2. The van der Waals surface area contributed by atoms with Gasteiger partial charge in [0.15, 0.2) is 0 Å². The van der Waals surface area contributed by atoms with E-state index in [1.807, 2.05) is 6.92 Å². The molecule has 0 amide bonds. The molecular weight excluding hydrogens is 168 g/mol. The molecule has 4 heteroatoms. The zero-order chi connectivity index (χ0) is 9.68. The number of hydrogen-bond donors (Lipinski definition) is 0. The van der Waals surface area contributed by atoms with Gasteiger partial charge in [-0.05, 0) is 19.4 Å². The smallest absolute Gasteiger partial charge is 0.313 e. The Bertz CT molecular complexity index is 282. The molecule has 1 rings (SSSR count). The quantitative estimate of drug-likeness (QED) is 0.648. The Morgan fingerprint density at radius 1 is 1.46 bits per heavy atom. The van der Waals surface area contributed by atoms with Crippen LogP contribution in [0.15, 0.2) is 12.4 Å². The second-order valence-electron chi connectivity index (χ2n) is 2.66. The van der Waals surface area contributed by atoms with Gasteiger partial charge < -0.3 is 4.74 Å². The molecule has 0 bridgehead atoms. The molecule has 0 saturated heterocycles. The first kappa shape index (κ1) is 9.64. The number of carbonyl (C=O) groups excluding carboxylic acids is 1. The molecule has 0 atom stereocenters. The van der Waals surface area contributed by atoms with Crippen LogP contribution in [0, 0.1) is 6.92 Å². The van der Waals surface area contributed by atoms with E-state index in [0.29, 0.717) is 12.4 Å². The van der Waals surface area contributed by atoms with Crippen molar-refractivity contribution in [2.75, 3.05) is 6.61 Å². The molecule has 0 aromatic carbocycles. The topological polar surface area (TPSA) is 52.1 Å². The van der Waals surface area contributed by atoms with Crippen LogP contribution in [0.1, 0.15) is 18.3 Å². The first-order valence-electron chi connectivity index (χ1n) is 4.15. The number of ether oxygens (including phenoxy) is 1. The summed E-state index contributed by atoms with van der Waals surface area (Å²) in [6.07, 6.45) is 3.51. The maximum Gasteiger partial charge on any atom is 0.313 e. The summed E-state index contributed by atoms with van der Waals surface area (Å²) in [6.45, 7) is 4.06. The summed E-state index contributed by atoms with van der Waals surface area (Å²) in [4.78, 5) is 19.0. The van der Waals surface area contributed by atoms with Crippen molar-refractivity contribution in [1.82, 2.24) is 9.97 Å². The number of aryl methyl sites for hydroxylation is 1. The summed E-state index contributed by atoms with van der Waals surface area (Å²) in [5.74, 6) is 0.218. The average Bonchev–Trinajstić information content (AvgIpc) is 2.09. The van der Waals surface area contributed by atoms with Crippen LogP contribution in [0.5, 0.6) is 0 Å². The maximum absolute atomic E-state index is 11.0. The largest absolute Gasteiger partial charge is 0.466 e. The number of carbonyl (C=O) groups is 1. The van der Waals surface area contributed by atoms with Gasteiger partial charge in [0, 0.05) is 12.4 Å². The Balaban J connectivity index is 2.54. The molecule has 0 unspecified atom stereocenters. The average molecular weight is 180 g/mol. The monoisotopic (exact) mass is 180 g/mol. The third-order valence-electron chi connectivity index (χ3n) is 1.44. The second-order valence-corrected chi connectivity index (χ2v) is 2.66. The molecule has 0 aliphatic rings. The van der Waals surface area contributed by atoms with Crippen LogP contribution < -0.4 is 0 Å².